The topological polar surface area (TPSA) is 102 Å². The molecule has 0 unspecified atom stereocenters. The highest BCUT2D eigenvalue weighted by atomic mass is 32.2. The largest absolute Gasteiger partial charge is 0.392 e. The molecule has 11 heteroatoms. The zero-order chi connectivity index (χ0) is 28.1. The molecule has 2 aromatic carbocycles. The van der Waals surface area contributed by atoms with Crippen LogP contribution in [0.2, 0.25) is 0 Å². The van der Waals surface area contributed by atoms with Gasteiger partial charge in [-0.3, -0.25) is 4.90 Å². The van der Waals surface area contributed by atoms with Crippen LogP contribution in [-0.4, -0.2) is 73.4 Å². The molecule has 0 aliphatic carbocycles. The number of aromatic nitrogens is 2. The Labute approximate surface area is 229 Å². The molecular weight excluding hydrogens is 519 g/mol. The zero-order valence-electron chi connectivity index (χ0n) is 22.9. The molecule has 0 amide bonds. The molecule has 39 heavy (non-hydrogen) atoms. The van der Waals surface area contributed by atoms with Gasteiger partial charge in [0, 0.05) is 43.6 Å². The number of nitrogens with one attached hydrogen (secondary N) is 1. The van der Waals surface area contributed by atoms with E-state index in [0.29, 0.717) is 23.5 Å². The summed E-state index contributed by atoms with van der Waals surface area (Å²) in [5.41, 5.74) is 4.54. The summed E-state index contributed by atoms with van der Waals surface area (Å²) >= 11 is 0. The summed E-state index contributed by atoms with van der Waals surface area (Å²) in [6, 6.07) is 9.76. The number of fused-ring (bicyclic) bond motifs is 2. The summed E-state index contributed by atoms with van der Waals surface area (Å²) in [6.45, 7) is 7.06. The molecule has 2 aliphatic heterocycles. The number of likely N-dealkylation sites (N-methyl/N-ethyl adjacent to an activating group) is 1. The number of aliphatic hydroxyl groups excluding tert-OH is 1. The van der Waals surface area contributed by atoms with Gasteiger partial charge in [0.1, 0.15) is 0 Å². The molecule has 5 rings (SSSR count). The molecule has 2 aliphatic rings. The minimum Gasteiger partial charge on any atom is -0.392 e. The minimum atomic E-state index is -3.52. The number of sulfone groups is 1. The first-order valence-electron chi connectivity index (χ1n) is 13.1. The number of hydrogen-bond donors (Lipinski definition) is 2. The number of aliphatic hydroxyl groups is 1. The summed E-state index contributed by atoms with van der Waals surface area (Å²) in [7, 11) is 0.299. The van der Waals surface area contributed by atoms with Gasteiger partial charge in [-0.1, -0.05) is 13.0 Å². The van der Waals surface area contributed by atoms with Gasteiger partial charge in [-0.25, -0.2) is 17.8 Å². The number of piperazine rings is 1. The Kier molecular flexibility index (Phi) is 7.25. The zero-order valence-corrected chi connectivity index (χ0v) is 23.8. The summed E-state index contributed by atoms with van der Waals surface area (Å²) in [4.78, 5) is 14.9. The van der Waals surface area contributed by atoms with Crippen molar-refractivity contribution in [3.63, 3.8) is 0 Å². The SMILES string of the molecule is CCS(=O)(=O)c1cc(Nc2ncc(F)c(N(C)c3cc(CO)c(C)cc3C)n2)ccc1N1C[C@@H]2C[C@H]1CN2C. The molecule has 0 saturated carbocycles. The Bertz CT molecular complexity index is 1510. The smallest absolute Gasteiger partial charge is 0.229 e. The Morgan fingerprint density at radius 2 is 1.92 bits per heavy atom. The highest BCUT2D eigenvalue weighted by Gasteiger charge is 2.42. The number of anilines is 5. The molecule has 9 nitrogen and oxygen atoms in total. The summed E-state index contributed by atoms with van der Waals surface area (Å²) < 4.78 is 41.2. The van der Waals surface area contributed by atoms with Gasteiger partial charge in [0.15, 0.2) is 21.5 Å². The molecular formula is C28H35FN6O3S. The van der Waals surface area contributed by atoms with E-state index in [2.05, 4.69) is 32.1 Å². The fraction of sp³-hybridized carbons (Fsp3) is 0.429. The van der Waals surface area contributed by atoms with Crippen molar-refractivity contribution in [1.29, 1.82) is 0 Å². The van der Waals surface area contributed by atoms with E-state index in [9.17, 15) is 17.9 Å². The molecule has 3 aromatic rings. The third kappa shape index (κ3) is 5.06. The lowest BCUT2D eigenvalue weighted by Crippen LogP contribution is -2.45. The Balaban J connectivity index is 1.46. The number of rotatable bonds is 8. The highest BCUT2D eigenvalue weighted by molar-refractivity contribution is 7.91. The third-order valence-corrected chi connectivity index (χ3v) is 9.74. The standard InChI is InChI=1S/C28H35FN6O3S/c1-6-39(37,38)26-11-20(7-8-24(26)35-15-21-12-22(35)14-33(21)4)31-28-30-13-23(29)27(32-28)34(5)25-10-19(16-36)17(2)9-18(25)3/h7-11,13,21-22,36H,6,12,14-16H2,1-5H3,(H,30,31,32)/t21-,22-/m0/s1. The molecule has 2 bridgehead atoms. The van der Waals surface area contributed by atoms with E-state index in [1.54, 1.807) is 24.9 Å². The second-order valence-corrected chi connectivity index (χ2v) is 12.7. The average Bonchev–Trinajstić information content (AvgIpc) is 3.49. The molecule has 0 radical (unpaired) electrons. The van der Waals surface area contributed by atoms with Crippen molar-refractivity contribution in [2.24, 2.45) is 0 Å². The monoisotopic (exact) mass is 554 g/mol. The van der Waals surface area contributed by atoms with Crippen molar-refractivity contribution in [2.75, 3.05) is 48.1 Å². The predicted octanol–water partition coefficient (Wildman–Crippen LogP) is 3.92. The normalized spacial score (nSPS) is 19.1. The Morgan fingerprint density at radius 1 is 1.15 bits per heavy atom. The van der Waals surface area contributed by atoms with Gasteiger partial charge in [0.2, 0.25) is 5.95 Å². The number of aryl methyl sites for hydroxylation is 2. The van der Waals surface area contributed by atoms with Crippen LogP contribution in [0.25, 0.3) is 0 Å². The van der Waals surface area contributed by atoms with Crippen LogP contribution < -0.4 is 15.1 Å². The van der Waals surface area contributed by atoms with E-state index >= 15 is 0 Å². The summed E-state index contributed by atoms with van der Waals surface area (Å²) in [5, 5.41) is 12.8. The van der Waals surface area contributed by atoms with Gasteiger partial charge in [0.25, 0.3) is 0 Å². The minimum absolute atomic E-state index is 0.0149. The maximum atomic E-state index is 14.9. The average molecular weight is 555 g/mol. The summed E-state index contributed by atoms with van der Waals surface area (Å²) in [6.07, 6.45) is 2.12. The van der Waals surface area contributed by atoms with Crippen LogP contribution >= 0.6 is 0 Å². The third-order valence-electron chi connectivity index (χ3n) is 7.98. The van der Waals surface area contributed by atoms with Crippen LogP contribution in [0.5, 0.6) is 0 Å². The number of halogens is 1. The molecule has 1 aromatic heterocycles. The van der Waals surface area contributed by atoms with E-state index in [0.717, 1.165) is 48.1 Å². The second kappa shape index (κ2) is 10.4. The second-order valence-electron chi connectivity index (χ2n) is 10.5. The number of likely N-dealkylation sites (tertiary alicyclic amines) is 1. The fourth-order valence-corrected chi connectivity index (χ4v) is 6.83. The molecule has 3 heterocycles. The number of hydrogen-bond acceptors (Lipinski definition) is 9. The quantitative estimate of drug-likeness (QED) is 0.429. The van der Waals surface area contributed by atoms with Gasteiger partial charge in [0.05, 0.1) is 29.1 Å². The Hall–Kier alpha value is -3.28. The molecule has 2 saturated heterocycles. The lowest BCUT2D eigenvalue weighted by molar-refractivity contribution is 0.281. The highest BCUT2D eigenvalue weighted by Crippen LogP contribution is 2.39. The first-order valence-corrected chi connectivity index (χ1v) is 14.8. The van der Waals surface area contributed by atoms with Crippen molar-refractivity contribution >= 4 is 38.7 Å². The van der Waals surface area contributed by atoms with Gasteiger partial charge in [-0.05, 0) is 68.3 Å². The van der Waals surface area contributed by atoms with Crippen LogP contribution in [-0.2, 0) is 16.4 Å². The van der Waals surface area contributed by atoms with Gasteiger partial charge in [-0.2, -0.15) is 4.98 Å². The van der Waals surface area contributed by atoms with Crippen molar-refractivity contribution in [2.45, 2.75) is 50.8 Å². The van der Waals surface area contributed by atoms with Crippen LogP contribution in [0.1, 0.15) is 30.0 Å². The molecule has 2 fully saturated rings. The Morgan fingerprint density at radius 3 is 2.56 bits per heavy atom. The first-order chi connectivity index (χ1) is 18.5. The molecule has 0 spiro atoms. The van der Waals surface area contributed by atoms with E-state index in [4.69, 9.17) is 0 Å². The van der Waals surface area contributed by atoms with E-state index < -0.39 is 15.7 Å². The van der Waals surface area contributed by atoms with Crippen LogP contribution in [0, 0.1) is 19.7 Å². The van der Waals surface area contributed by atoms with Crippen LogP contribution in [0.15, 0.2) is 41.4 Å². The maximum Gasteiger partial charge on any atom is 0.229 e. The van der Waals surface area contributed by atoms with Crippen LogP contribution in [0.3, 0.4) is 0 Å². The van der Waals surface area contributed by atoms with Crippen molar-refractivity contribution in [1.82, 2.24) is 14.9 Å². The molecule has 2 N–H and O–H groups in total. The molecule has 2 atom stereocenters. The lowest BCUT2D eigenvalue weighted by atomic mass is 10.0. The van der Waals surface area contributed by atoms with Crippen molar-refractivity contribution < 1.29 is 17.9 Å². The predicted molar refractivity (Wildman–Crippen MR) is 152 cm³/mol. The first kappa shape index (κ1) is 27.3. The fourth-order valence-electron chi connectivity index (χ4n) is 5.71. The lowest BCUT2D eigenvalue weighted by Gasteiger charge is -2.34. The van der Waals surface area contributed by atoms with Gasteiger partial charge < -0.3 is 20.2 Å². The maximum absolute atomic E-state index is 14.9. The summed E-state index contributed by atoms with van der Waals surface area (Å²) in [5.74, 6) is -0.426. The van der Waals surface area contributed by atoms with Crippen molar-refractivity contribution in [3.8, 4) is 0 Å². The van der Waals surface area contributed by atoms with Gasteiger partial charge in [-0.15, -0.1) is 0 Å². The molecule has 208 valence electrons. The van der Waals surface area contributed by atoms with E-state index in [1.165, 1.54) is 0 Å². The van der Waals surface area contributed by atoms with Gasteiger partial charge >= 0.3 is 0 Å². The number of nitrogens with zero attached hydrogens (tertiary/aromatic N) is 5. The van der Waals surface area contributed by atoms with E-state index in [1.807, 2.05) is 38.1 Å². The van der Waals surface area contributed by atoms with Crippen molar-refractivity contribution in [3.05, 3.63) is 59.0 Å². The van der Waals surface area contributed by atoms with E-state index in [-0.39, 0.29) is 29.0 Å². The number of benzene rings is 2. The van der Waals surface area contributed by atoms with Crippen LogP contribution in [0.4, 0.5) is 33.2 Å².